The van der Waals surface area contributed by atoms with Crippen LogP contribution in [0, 0.1) is 22.7 Å². The summed E-state index contributed by atoms with van der Waals surface area (Å²) in [6.07, 6.45) is 8.11. The standard InChI is InChI=1S/C20H36O4/c1-5-7-9-13-19(17(21)22)15(3)11-12-16(4)20(19,18(23)24)14-10-8-6-2/h15-16H,5-14H2,1-4H3,(H,21,22)(H,23,24). The van der Waals surface area contributed by atoms with Gasteiger partial charge in [0.2, 0.25) is 0 Å². The summed E-state index contributed by atoms with van der Waals surface area (Å²) in [5.74, 6) is -1.98. The van der Waals surface area contributed by atoms with Crippen LogP contribution in [0.1, 0.15) is 91.9 Å². The van der Waals surface area contributed by atoms with Gasteiger partial charge in [0.05, 0.1) is 10.8 Å². The van der Waals surface area contributed by atoms with E-state index in [9.17, 15) is 19.8 Å². The molecule has 1 fully saturated rings. The van der Waals surface area contributed by atoms with Crippen molar-refractivity contribution in [2.24, 2.45) is 22.7 Å². The van der Waals surface area contributed by atoms with Gasteiger partial charge in [0.1, 0.15) is 0 Å². The smallest absolute Gasteiger partial charge is 0.311 e. The highest BCUT2D eigenvalue weighted by Crippen LogP contribution is 2.61. The second-order valence-corrected chi connectivity index (χ2v) is 7.85. The van der Waals surface area contributed by atoms with Crippen LogP contribution in [-0.4, -0.2) is 22.2 Å². The topological polar surface area (TPSA) is 74.6 Å². The molecule has 0 aromatic carbocycles. The molecule has 0 heterocycles. The quantitative estimate of drug-likeness (QED) is 0.525. The van der Waals surface area contributed by atoms with Crippen molar-refractivity contribution in [2.75, 3.05) is 0 Å². The molecule has 1 saturated carbocycles. The summed E-state index contributed by atoms with van der Waals surface area (Å²) in [6.45, 7) is 8.10. The van der Waals surface area contributed by atoms with Crippen LogP contribution < -0.4 is 0 Å². The monoisotopic (exact) mass is 340 g/mol. The van der Waals surface area contributed by atoms with Gasteiger partial charge < -0.3 is 10.2 Å². The van der Waals surface area contributed by atoms with Gasteiger partial charge in [-0.1, -0.05) is 66.2 Å². The number of carbonyl (C=O) groups is 2. The third kappa shape index (κ3) is 3.48. The Labute approximate surface area is 147 Å². The van der Waals surface area contributed by atoms with E-state index in [1.807, 2.05) is 13.8 Å². The number of carboxylic acids is 2. The van der Waals surface area contributed by atoms with Crippen LogP contribution in [0.15, 0.2) is 0 Å². The first-order valence-corrected chi connectivity index (χ1v) is 9.78. The molecular formula is C20H36O4. The maximum Gasteiger partial charge on any atom is 0.311 e. The van der Waals surface area contributed by atoms with E-state index >= 15 is 0 Å². The van der Waals surface area contributed by atoms with Crippen LogP contribution >= 0.6 is 0 Å². The molecule has 4 unspecified atom stereocenters. The maximum atomic E-state index is 12.5. The van der Waals surface area contributed by atoms with Crippen molar-refractivity contribution in [1.29, 1.82) is 0 Å². The summed E-state index contributed by atoms with van der Waals surface area (Å²) in [5.41, 5.74) is -2.28. The molecule has 0 radical (unpaired) electrons. The minimum Gasteiger partial charge on any atom is -0.481 e. The first-order chi connectivity index (χ1) is 11.3. The third-order valence-electron chi connectivity index (χ3n) is 6.62. The fraction of sp³-hybridized carbons (Fsp3) is 0.900. The van der Waals surface area contributed by atoms with Gasteiger partial charge in [-0.05, 0) is 37.5 Å². The molecule has 0 bridgehead atoms. The van der Waals surface area contributed by atoms with Gasteiger partial charge in [-0.15, -0.1) is 0 Å². The number of carboxylic acid groups (broad SMARTS) is 2. The Kier molecular flexibility index (Phi) is 7.75. The van der Waals surface area contributed by atoms with Crippen molar-refractivity contribution in [3.8, 4) is 0 Å². The number of rotatable bonds is 10. The predicted octanol–water partition coefficient (Wildman–Crippen LogP) is 5.36. The Morgan fingerprint density at radius 1 is 0.792 bits per heavy atom. The molecule has 1 aliphatic carbocycles. The molecule has 0 aromatic rings. The minimum atomic E-state index is -1.14. The van der Waals surface area contributed by atoms with Gasteiger partial charge in [-0.3, -0.25) is 9.59 Å². The first-order valence-electron chi connectivity index (χ1n) is 9.78. The summed E-state index contributed by atoms with van der Waals surface area (Å²) in [6, 6.07) is 0. The van der Waals surface area contributed by atoms with Crippen molar-refractivity contribution in [3.05, 3.63) is 0 Å². The van der Waals surface area contributed by atoms with Crippen LogP contribution in [-0.2, 0) is 9.59 Å². The fourth-order valence-corrected chi connectivity index (χ4v) is 5.14. The zero-order chi connectivity index (χ0) is 18.4. The van der Waals surface area contributed by atoms with E-state index in [0.717, 1.165) is 51.4 Å². The molecule has 2 N–H and O–H groups in total. The van der Waals surface area contributed by atoms with Crippen molar-refractivity contribution < 1.29 is 19.8 Å². The van der Waals surface area contributed by atoms with E-state index in [1.165, 1.54) is 0 Å². The average molecular weight is 341 g/mol. The Morgan fingerprint density at radius 3 is 1.38 bits per heavy atom. The molecule has 1 aliphatic rings. The van der Waals surface area contributed by atoms with Gasteiger partial charge >= 0.3 is 11.9 Å². The summed E-state index contributed by atoms with van der Waals surface area (Å²) < 4.78 is 0. The molecule has 0 amide bonds. The maximum absolute atomic E-state index is 12.5. The van der Waals surface area contributed by atoms with Gasteiger partial charge in [0.15, 0.2) is 0 Å². The van der Waals surface area contributed by atoms with Crippen LogP contribution in [0.3, 0.4) is 0 Å². The van der Waals surface area contributed by atoms with Crippen LogP contribution in [0.25, 0.3) is 0 Å². The normalized spacial score (nSPS) is 33.3. The van der Waals surface area contributed by atoms with Crippen LogP contribution in [0.4, 0.5) is 0 Å². The second-order valence-electron chi connectivity index (χ2n) is 7.85. The molecule has 0 aliphatic heterocycles. The SMILES string of the molecule is CCCCCC1(C(=O)O)C(C)CCC(C)C1(CCCCC)C(=O)O. The molecule has 140 valence electrons. The zero-order valence-electron chi connectivity index (χ0n) is 15.9. The minimum absolute atomic E-state index is 0.0965. The molecular weight excluding hydrogens is 304 g/mol. The van der Waals surface area contributed by atoms with Crippen molar-refractivity contribution >= 4 is 11.9 Å². The van der Waals surface area contributed by atoms with E-state index in [1.54, 1.807) is 0 Å². The van der Waals surface area contributed by atoms with Gasteiger partial charge in [0, 0.05) is 0 Å². The van der Waals surface area contributed by atoms with Crippen LogP contribution in [0.5, 0.6) is 0 Å². The van der Waals surface area contributed by atoms with Crippen LogP contribution in [0.2, 0.25) is 0 Å². The fourth-order valence-electron chi connectivity index (χ4n) is 5.14. The van der Waals surface area contributed by atoms with Crippen molar-refractivity contribution in [3.63, 3.8) is 0 Å². The lowest BCUT2D eigenvalue weighted by Crippen LogP contribution is -2.61. The number of hydrogen-bond acceptors (Lipinski definition) is 2. The lowest BCUT2D eigenvalue weighted by molar-refractivity contribution is -0.197. The molecule has 1 rings (SSSR count). The molecule has 4 nitrogen and oxygen atoms in total. The number of hydrogen-bond donors (Lipinski definition) is 2. The van der Waals surface area contributed by atoms with Crippen molar-refractivity contribution in [2.45, 2.75) is 91.9 Å². The molecule has 0 aromatic heterocycles. The lowest BCUT2D eigenvalue weighted by atomic mass is 9.45. The number of unbranched alkanes of at least 4 members (excludes halogenated alkanes) is 4. The molecule has 0 spiro atoms. The van der Waals surface area contributed by atoms with Crippen molar-refractivity contribution in [1.82, 2.24) is 0 Å². The molecule has 0 saturated heterocycles. The average Bonchev–Trinajstić information content (AvgIpc) is 2.52. The van der Waals surface area contributed by atoms with Gasteiger partial charge in [-0.25, -0.2) is 0 Å². The Morgan fingerprint density at radius 2 is 1.12 bits per heavy atom. The van der Waals surface area contributed by atoms with E-state index < -0.39 is 22.8 Å². The molecule has 24 heavy (non-hydrogen) atoms. The lowest BCUT2D eigenvalue weighted by Gasteiger charge is -2.55. The Balaban J connectivity index is 3.39. The highest BCUT2D eigenvalue weighted by atomic mass is 16.4. The molecule has 4 atom stereocenters. The summed E-state index contributed by atoms with van der Waals surface area (Å²) >= 11 is 0. The van der Waals surface area contributed by atoms with E-state index in [2.05, 4.69) is 13.8 Å². The highest BCUT2D eigenvalue weighted by Gasteiger charge is 2.66. The highest BCUT2D eigenvalue weighted by molar-refractivity contribution is 5.87. The van der Waals surface area contributed by atoms with Gasteiger partial charge in [-0.2, -0.15) is 0 Å². The number of aliphatic carboxylic acids is 2. The van der Waals surface area contributed by atoms with Gasteiger partial charge in [0.25, 0.3) is 0 Å². The summed E-state index contributed by atoms with van der Waals surface area (Å²) in [5, 5.41) is 20.5. The first kappa shape index (κ1) is 21.0. The largest absolute Gasteiger partial charge is 0.481 e. The van der Waals surface area contributed by atoms with E-state index in [-0.39, 0.29) is 11.8 Å². The summed E-state index contributed by atoms with van der Waals surface area (Å²) in [7, 11) is 0. The zero-order valence-corrected chi connectivity index (χ0v) is 15.9. The Hall–Kier alpha value is -1.06. The van der Waals surface area contributed by atoms with E-state index in [0.29, 0.717) is 12.8 Å². The predicted molar refractivity (Wildman–Crippen MR) is 96.0 cm³/mol. The second kappa shape index (κ2) is 8.87. The molecule has 4 heteroatoms. The van der Waals surface area contributed by atoms with E-state index in [4.69, 9.17) is 0 Å². The third-order valence-corrected chi connectivity index (χ3v) is 6.62. The summed E-state index contributed by atoms with van der Waals surface area (Å²) in [4.78, 5) is 25.0. The Bertz CT molecular complexity index is 393.